The van der Waals surface area contributed by atoms with Gasteiger partial charge in [0.1, 0.15) is 5.75 Å². The smallest absolute Gasteiger partial charge is 0.251 e. The fourth-order valence-corrected chi connectivity index (χ4v) is 3.53. The third-order valence-electron chi connectivity index (χ3n) is 4.76. The molecule has 0 fully saturated rings. The Labute approximate surface area is 140 Å². The first kappa shape index (κ1) is 14.8. The van der Waals surface area contributed by atoms with Crippen molar-refractivity contribution in [1.29, 1.82) is 0 Å². The van der Waals surface area contributed by atoms with E-state index in [0.717, 1.165) is 19.3 Å². The molecular formula is C20H20N2O2. The van der Waals surface area contributed by atoms with Crippen molar-refractivity contribution >= 4 is 16.8 Å². The Balaban J connectivity index is 1.53. The van der Waals surface area contributed by atoms with Crippen LogP contribution in [0.1, 0.15) is 28.0 Å². The Kier molecular flexibility index (Phi) is 3.73. The number of amides is 1. The molecule has 0 bridgehead atoms. The average Bonchev–Trinajstić information content (AvgIpc) is 3.00. The fourth-order valence-electron chi connectivity index (χ4n) is 3.53. The van der Waals surface area contributed by atoms with Crippen LogP contribution in [0.5, 0.6) is 5.75 Å². The van der Waals surface area contributed by atoms with E-state index in [0.29, 0.717) is 11.3 Å². The number of aryl methyl sites for hydroxylation is 1. The summed E-state index contributed by atoms with van der Waals surface area (Å²) in [5.41, 5.74) is 4.47. The summed E-state index contributed by atoms with van der Waals surface area (Å²) in [6.07, 6.45) is 2.79. The molecule has 0 radical (unpaired) electrons. The number of benzene rings is 2. The second-order valence-electron chi connectivity index (χ2n) is 6.27. The molecule has 4 nitrogen and oxygen atoms in total. The van der Waals surface area contributed by atoms with Gasteiger partial charge in [0.2, 0.25) is 0 Å². The summed E-state index contributed by atoms with van der Waals surface area (Å²) in [6.45, 7) is 0. The van der Waals surface area contributed by atoms with E-state index in [4.69, 9.17) is 4.74 Å². The predicted molar refractivity (Wildman–Crippen MR) is 94.6 cm³/mol. The van der Waals surface area contributed by atoms with Gasteiger partial charge >= 0.3 is 0 Å². The van der Waals surface area contributed by atoms with E-state index in [2.05, 4.69) is 28.5 Å². The minimum absolute atomic E-state index is 0.0396. The van der Waals surface area contributed by atoms with Crippen molar-refractivity contribution in [3.05, 3.63) is 65.4 Å². The lowest BCUT2D eigenvalue weighted by molar-refractivity contribution is 0.0933. The molecule has 0 aliphatic heterocycles. The van der Waals surface area contributed by atoms with Crippen LogP contribution in [0.25, 0.3) is 10.9 Å². The zero-order chi connectivity index (χ0) is 16.5. The highest BCUT2D eigenvalue weighted by atomic mass is 16.5. The molecule has 1 atom stereocenters. The molecule has 2 aromatic carbocycles. The maximum Gasteiger partial charge on any atom is 0.251 e. The van der Waals surface area contributed by atoms with Gasteiger partial charge in [-0.15, -0.1) is 0 Å². The minimum atomic E-state index is -0.0396. The van der Waals surface area contributed by atoms with Gasteiger partial charge in [0, 0.05) is 28.2 Å². The van der Waals surface area contributed by atoms with E-state index in [1.54, 1.807) is 13.2 Å². The van der Waals surface area contributed by atoms with E-state index in [1.165, 1.54) is 22.2 Å². The molecule has 4 rings (SSSR count). The summed E-state index contributed by atoms with van der Waals surface area (Å²) in [4.78, 5) is 16.0. The molecule has 1 aliphatic rings. The lowest BCUT2D eigenvalue weighted by Gasteiger charge is -2.23. The first-order valence-electron chi connectivity index (χ1n) is 8.28. The molecule has 4 heteroatoms. The van der Waals surface area contributed by atoms with Gasteiger partial charge in [-0.3, -0.25) is 4.79 Å². The maximum absolute atomic E-state index is 12.5. The predicted octanol–water partition coefficient (Wildman–Crippen LogP) is 3.46. The van der Waals surface area contributed by atoms with Crippen molar-refractivity contribution in [3.8, 4) is 5.75 Å². The van der Waals surface area contributed by atoms with Crippen molar-refractivity contribution in [2.45, 2.75) is 25.3 Å². The van der Waals surface area contributed by atoms with E-state index in [-0.39, 0.29) is 11.9 Å². The van der Waals surface area contributed by atoms with E-state index >= 15 is 0 Å². The van der Waals surface area contributed by atoms with Crippen LogP contribution in [0.2, 0.25) is 0 Å². The standard InChI is InChI=1S/C20H20N2O2/c1-24-15-6-4-5-13(11-15)20(23)21-14-9-10-19-17(12-14)16-7-2-3-8-18(16)22-19/h2-8,11,14,22H,9-10,12H2,1H3,(H,21,23). The average molecular weight is 320 g/mol. The number of rotatable bonds is 3. The number of aromatic nitrogens is 1. The van der Waals surface area contributed by atoms with Gasteiger partial charge in [-0.2, -0.15) is 0 Å². The molecular weight excluding hydrogens is 300 g/mol. The number of ether oxygens (including phenoxy) is 1. The molecule has 0 saturated heterocycles. The number of nitrogens with one attached hydrogen (secondary N) is 2. The third-order valence-corrected chi connectivity index (χ3v) is 4.76. The molecule has 122 valence electrons. The Morgan fingerprint density at radius 1 is 1.21 bits per heavy atom. The molecule has 3 aromatic rings. The monoisotopic (exact) mass is 320 g/mol. The van der Waals surface area contributed by atoms with Gasteiger partial charge in [-0.1, -0.05) is 24.3 Å². The van der Waals surface area contributed by atoms with Crippen LogP contribution in [0.15, 0.2) is 48.5 Å². The number of hydrogen-bond donors (Lipinski definition) is 2. The minimum Gasteiger partial charge on any atom is -0.497 e. The molecule has 1 aliphatic carbocycles. The van der Waals surface area contributed by atoms with Gasteiger partial charge < -0.3 is 15.0 Å². The van der Waals surface area contributed by atoms with E-state index in [1.807, 2.05) is 24.3 Å². The summed E-state index contributed by atoms with van der Waals surface area (Å²) in [6, 6.07) is 15.8. The number of aromatic amines is 1. The largest absolute Gasteiger partial charge is 0.497 e. The van der Waals surface area contributed by atoms with Crippen molar-refractivity contribution in [2.24, 2.45) is 0 Å². The van der Waals surface area contributed by atoms with Gasteiger partial charge in [0.25, 0.3) is 5.91 Å². The lowest BCUT2D eigenvalue weighted by Crippen LogP contribution is -2.38. The quantitative estimate of drug-likeness (QED) is 0.776. The van der Waals surface area contributed by atoms with Gasteiger partial charge in [0.05, 0.1) is 7.11 Å². The molecule has 24 heavy (non-hydrogen) atoms. The number of para-hydroxylation sites is 1. The second-order valence-corrected chi connectivity index (χ2v) is 6.27. The van der Waals surface area contributed by atoms with Crippen molar-refractivity contribution in [3.63, 3.8) is 0 Å². The zero-order valence-electron chi connectivity index (χ0n) is 13.6. The molecule has 1 unspecified atom stereocenters. The molecule has 1 amide bonds. The molecule has 2 N–H and O–H groups in total. The number of carbonyl (C=O) groups is 1. The highest BCUT2D eigenvalue weighted by molar-refractivity contribution is 5.95. The summed E-state index contributed by atoms with van der Waals surface area (Å²) in [5, 5.41) is 4.44. The Bertz CT molecular complexity index is 898. The van der Waals surface area contributed by atoms with Crippen LogP contribution >= 0.6 is 0 Å². The Hall–Kier alpha value is -2.75. The maximum atomic E-state index is 12.5. The topological polar surface area (TPSA) is 54.1 Å². The van der Waals surface area contributed by atoms with E-state index < -0.39 is 0 Å². The number of carbonyl (C=O) groups excluding carboxylic acids is 1. The zero-order valence-corrected chi connectivity index (χ0v) is 13.6. The van der Waals surface area contributed by atoms with Crippen LogP contribution in [-0.2, 0) is 12.8 Å². The van der Waals surface area contributed by atoms with Crippen LogP contribution in [0.3, 0.4) is 0 Å². The van der Waals surface area contributed by atoms with Crippen LogP contribution < -0.4 is 10.1 Å². The number of fused-ring (bicyclic) bond motifs is 3. The van der Waals surface area contributed by atoms with Gasteiger partial charge in [-0.25, -0.2) is 0 Å². The number of hydrogen-bond acceptors (Lipinski definition) is 2. The van der Waals surface area contributed by atoms with Crippen LogP contribution in [0.4, 0.5) is 0 Å². The van der Waals surface area contributed by atoms with Gasteiger partial charge in [0.15, 0.2) is 0 Å². The van der Waals surface area contributed by atoms with Crippen LogP contribution in [0, 0.1) is 0 Å². The SMILES string of the molecule is COc1cccc(C(=O)NC2CCc3[nH]c4ccccc4c3C2)c1. The Morgan fingerprint density at radius 2 is 2.08 bits per heavy atom. The van der Waals surface area contributed by atoms with Gasteiger partial charge in [-0.05, 0) is 49.1 Å². The second kappa shape index (κ2) is 6.04. The number of H-pyrrole nitrogens is 1. The summed E-state index contributed by atoms with van der Waals surface area (Å²) < 4.78 is 5.20. The first-order chi connectivity index (χ1) is 11.7. The third kappa shape index (κ3) is 2.64. The van der Waals surface area contributed by atoms with Crippen molar-refractivity contribution in [2.75, 3.05) is 7.11 Å². The highest BCUT2D eigenvalue weighted by Crippen LogP contribution is 2.29. The molecule has 0 spiro atoms. The number of methoxy groups -OCH3 is 1. The summed E-state index contributed by atoms with van der Waals surface area (Å²) in [7, 11) is 1.61. The molecule has 1 aromatic heterocycles. The first-order valence-corrected chi connectivity index (χ1v) is 8.28. The van der Waals surface area contributed by atoms with Crippen molar-refractivity contribution < 1.29 is 9.53 Å². The fraction of sp³-hybridized carbons (Fsp3) is 0.250. The van der Waals surface area contributed by atoms with E-state index in [9.17, 15) is 4.79 Å². The van der Waals surface area contributed by atoms with Crippen LogP contribution in [-0.4, -0.2) is 24.0 Å². The normalized spacial score (nSPS) is 16.6. The highest BCUT2D eigenvalue weighted by Gasteiger charge is 2.24. The molecule has 0 saturated carbocycles. The van der Waals surface area contributed by atoms with Crippen molar-refractivity contribution in [1.82, 2.24) is 10.3 Å². The molecule has 1 heterocycles. The Morgan fingerprint density at radius 3 is 2.96 bits per heavy atom. The summed E-state index contributed by atoms with van der Waals surface area (Å²) >= 11 is 0. The lowest BCUT2D eigenvalue weighted by atomic mass is 9.91. The summed E-state index contributed by atoms with van der Waals surface area (Å²) in [5.74, 6) is 0.660.